The van der Waals surface area contributed by atoms with E-state index in [2.05, 4.69) is 23.5 Å². The maximum Gasteiger partial charge on any atom is 1.00 e. The normalized spacial score (nSPS) is 14.9. The van der Waals surface area contributed by atoms with Gasteiger partial charge < -0.3 is 18.2 Å². The minimum absolute atomic E-state index is 0. The summed E-state index contributed by atoms with van der Waals surface area (Å²) in [5, 5.41) is 3.41. The van der Waals surface area contributed by atoms with Crippen LogP contribution in [0.1, 0.15) is 52.8 Å². The largest absolute Gasteiger partial charge is 1.00 e. The molecule has 1 heterocycles. The van der Waals surface area contributed by atoms with Crippen LogP contribution in [0, 0.1) is 5.92 Å². The molecule has 0 radical (unpaired) electrons. The standard InChI is InChI=1S/C17H31N3.Li.H/c18-13-7-3-1-2-5-10-16(11-9-14-19)17-12-6-4-8-15-20-17;;/h4,6,8,12,15-16,20H,1-3,5,7,9-11,13-14,18-19H2;;/q;+1;-1. The van der Waals surface area contributed by atoms with Crippen LogP contribution < -0.4 is 35.6 Å². The van der Waals surface area contributed by atoms with Gasteiger partial charge in [0.25, 0.3) is 0 Å². The quantitative estimate of drug-likeness (QED) is 0.378. The Bertz CT molecular complexity index is 330. The van der Waals surface area contributed by atoms with Crippen molar-refractivity contribution in [2.24, 2.45) is 17.4 Å². The molecule has 0 aromatic carbocycles. The van der Waals surface area contributed by atoms with Gasteiger partial charge in [-0.15, -0.1) is 0 Å². The Morgan fingerprint density at radius 3 is 2.29 bits per heavy atom. The molecule has 1 unspecified atom stereocenters. The van der Waals surface area contributed by atoms with Gasteiger partial charge in [0.15, 0.2) is 0 Å². The third kappa shape index (κ3) is 9.98. The zero-order chi connectivity index (χ0) is 14.5. The van der Waals surface area contributed by atoms with Crippen LogP contribution in [0.5, 0.6) is 0 Å². The number of nitrogens with two attached hydrogens (primary N) is 2. The summed E-state index contributed by atoms with van der Waals surface area (Å²) >= 11 is 0. The van der Waals surface area contributed by atoms with Gasteiger partial charge in [0.2, 0.25) is 0 Å². The number of rotatable bonds is 11. The summed E-state index contributed by atoms with van der Waals surface area (Å²) in [5.41, 5.74) is 12.5. The van der Waals surface area contributed by atoms with Crippen LogP contribution in [-0.2, 0) is 0 Å². The van der Waals surface area contributed by atoms with Crippen molar-refractivity contribution in [3.63, 3.8) is 0 Å². The summed E-state index contributed by atoms with van der Waals surface area (Å²) in [5.74, 6) is 0.612. The fraction of sp³-hybridized carbons (Fsp3) is 0.647. The Morgan fingerprint density at radius 2 is 1.52 bits per heavy atom. The second kappa shape index (κ2) is 14.5. The van der Waals surface area contributed by atoms with Crippen molar-refractivity contribution in [1.29, 1.82) is 0 Å². The molecule has 116 valence electrons. The molecular weight excluding hydrogens is 253 g/mol. The Hall–Kier alpha value is -0.463. The molecule has 0 aromatic heterocycles. The zero-order valence-corrected chi connectivity index (χ0v) is 13.7. The van der Waals surface area contributed by atoms with Crippen molar-refractivity contribution < 1.29 is 20.3 Å². The van der Waals surface area contributed by atoms with Gasteiger partial charge in [-0.25, -0.2) is 0 Å². The molecule has 0 aromatic rings. The molecule has 3 nitrogen and oxygen atoms in total. The molecule has 1 rings (SSSR count). The van der Waals surface area contributed by atoms with E-state index in [0.29, 0.717) is 5.92 Å². The SMILES string of the molecule is NCCCCCCCC(CCCN)C1=CC=CC=CN1.[H-].[Li+]. The summed E-state index contributed by atoms with van der Waals surface area (Å²) in [6, 6.07) is 0. The molecule has 0 aliphatic carbocycles. The van der Waals surface area contributed by atoms with E-state index in [1.54, 1.807) is 0 Å². The molecule has 0 saturated carbocycles. The molecule has 4 heteroatoms. The Balaban J connectivity index is 0. The van der Waals surface area contributed by atoms with Crippen LogP contribution in [0.4, 0.5) is 0 Å². The molecule has 0 bridgehead atoms. The molecule has 21 heavy (non-hydrogen) atoms. The van der Waals surface area contributed by atoms with Crippen LogP contribution in [0.15, 0.2) is 36.2 Å². The first-order chi connectivity index (χ1) is 9.88. The van der Waals surface area contributed by atoms with Crippen molar-refractivity contribution in [3.8, 4) is 0 Å². The average Bonchev–Trinajstić information content (AvgIpc) is 2.75. The first kappa shape index (κ1) is 20.5. The molecule has 0 amide bonds. The maximum atomic E-state index is 5.67. The van der Waals surface area contributed by atoms with Crippen LogP contribution in [0.3, 0.4) is 0 Å². The third-order valence-electron chi connectivity index (χ3n) is 3.80. The second-order valence-electron chi connectivity index (χ2n) is 5.48. The average molecular weight is 285 g/mol. The van der Waals surface area contributed by atoms with Crippen LogP contribution in [-0.4, -0.2) is 13.1 Å². The van der Waals surface area contributed by atoms with Crippen molar-refractivity contribution in [1.82, 2.24) is 5.32 Å². The van der Waals surface area contributed by atoms with Gasteiger partial charge in [-0.1, -0.05) is 37.8 Å². The zero-order valence-electron chi connectivity index (χ0n) is 14.7. The van der Waals surface area contributed by atoms with E-state index in [1.807, 2.05) is 12.3 Å². The topological polar surface area (TPSA) is 64.1 Å². The molecule has 5 N–H and O–H groups in total. The van der Waals surface area contributed by atoms with Crippen molar-refractivity contribution >= 4 is 0 Å². The minimum atomic E-state index is 0. The summed E-state index contributed by atoms with van der Waals surface area (Å²) in [4.78, 5) is 0. The van der Waals surface area contributed by atoms with Crippen LogP contribution in [0.2, 0.25) is 0 Å². The number of hydrogen-bond donors (Lipinski definition) is 3. The van der Waals surface area contributed by atoms with Gasteiger partial charge in [-0.05, 0) is 56.8 Å². The fourth-order valence-corrected chi connectivity index (χ4v) is 2.61. The molecular formula is C17H32LiN3. The van der Waals surface area contributed by atoms with Crippen LogP contribution >= 0.6 is 0 Å². The first-order valence-corrected chi connectivity index (χ1v) is 8.08. The van der Waals surface area contributed by atoms with E-state index < -0.39 is 0 Å². The van der Waals surface area contributed by atoms with E-state index >= 15 is 0 Å². The van der Waals surface area contributed by atoms with E-state index in [9.17, 15) is 0 Å². The monoisotopic (exact) mass is 285 g/mol. The summed E-state index contributed by atoms with van der Waals surface area (Å²) in [6.45, 7) is 1.61. The molecule has 0 spiro atoms. The predicted molar refractivity (Wildman–Crippen MR) is 89.1 cm³/mol. The molecule has 0 fully saturated rings. The number of allylic oxidation sites excluding steroid dienone is 5. The predicted octanol–water partition coefficient (Wildman–Crippen LogP) is 0.314. The van der Waals surface area contributed by atoms with Crippen molar-refractivity contribution in [2.45, 2.75) is 51.4 Å². The van der Waals surface area contributed by atoms with E-state index in [-0.39, 0.29) is 20.3 Å². The summed E-state index contributed by atoms with van der Waals surface area (Å²) < 4.78 is 0. The Labute approximate surface area is 144 Å². The van der Waals surface area contributed by atoms with Gasteiger partial charge in [0.05, 0.1) is 0 Å². The fourth-order valence-electron chi connectivity index (χ4n) is 2.61. The third-order valence-corrected chi connectivity index (χ3v) is 3.80. The van der Waals surface area contributed by atoms with Gasteiger partial charge in [-0.3, -0.25) is 0 Å². The number of unbranched alkanes of at least 4 members (excludes halogenated alkanes) is 4. The van der Waals surface area contributed by atoms with E-state index in [0.717, 1.165) is 19.5 Å². The van der Waals surface area contributed by atoms with Crippen molar-refractivity contribution in [2.75, 3.05) is 13.1 Å². The van der Waals surface area contributed by atoms with Gasteiger partial charge in [-0.2, -0.15) is 0 Å². The molecule has 1 aliphatic rings. The Kier molecular flexibility index (Phi) is 14.2. The number of hydrogen-bond acceptors (Lipinski definition) is 3. The minimum Gasteiger partial charge on any atom is -1.00 e. The van der Waals surface area contributed by atoms with Gasteiger partial charge in [0, 0.05) is 11.9 Å². The smallest absolute Gasteiger partial charge is 1.00 e. The molecule has 0 saturated heterocycles. The van der Waals surface area contributed by atoms with Gasteiger partial charge in [0.1, 0.15) is 0 Å². The molecule has 1 aliphatic heterocycles. The summed E-state index contributed by atoms with van der Waals surface area (Å²) in [6.07, 6.45) is 20.3. The maximum absolute atomic E-state index is 5.67. The molecule has 1 atom stereocenters. The second-order valence-corrected chi connectivity index (χ2v) is 5.48. The van der Waals surface area contributed by atoms with Crippen LogP contribution in [0.25, 0.3) is 0 Å². The Morgan fingerprint density at radius 1 is 0.857 bits per heavy atom. The summed E-state index contributed by atoms with van der Waals surface area (Å²) in [7, 11) is 0. The first-order valence-electron chi connectivity index (χ1n) is 8.08. The van der Waals surface area contributed by atoms with Crippen molar-refractivity contribution in [3.05, 3.63) is 36.2 Å². The van der Waals surface area contributed by atoms with E-state index in [1.165, 1.54) is 50.6 Å². The van der Waals surface area contributed by atoms with Gasteiger partial charge >= 0.3 is 18.9 Å². The van der Waals surface area contributed by atoms with E-state index in [4.69, 9.17) is 11.5 Å². The number of nitrogens with one attached hydrogen (secondary N) is 1.